The van der Waals surface area contributed by atoms with Crippen molar-refractivity contribution in [2.45, 2.75) is 26.4 Å². The lowest BCUT2D eigenvalue weighted by Gasteiger charge is -2.09. The molecule has 0 fully saturated rings. The molecule has 2 aromatic rings. The number of aliphatic hydroxyl groups excluding tert-OH is 1. The average molecular weight is 246 g/mol. The zero-order valence-corrected chi connectivity index (χ0v) is 10.4. The van der Waals surface area contributed by atoms with Gasteiger partial charge in [-0.05, 0) is 31.5 Å². The highest BCUT2D eigenvalue weighted by atomic mass is 19.1. The first-order valence-corrected chi connectivity index (χ1v) is 5.81. The number of nitrogens with zero attached hydrogens (tertiary/aromatic N) is 2. The van der Waals surface area contributed by atoms with E-state index in [1.54, 1.807) is 25.3 Å². The van der Waals surface area contributed by atoms with E-state index < -0.39 is 6.10 Å². The van der Waals surface area contributed by atoms with Crippen LogP contribution in [0.5, 0.6) is 0 Å². The second-order valence-electron chi connectivity index (χ2n) is 4.31. The maximum atomic E-state index is 12.8. The highest BCUT2D eigenvalue weighted by molar-refractivity contribution is 5.23. The molecule has 18 heavy (non-hydrogen) atoms. The predicted octanol–water partition coefficient (Wildman–Crippen LogP) is 2.57. The minimum absolute atomic E-state index is 0.250. The molecule has 2 rings (SSSR count). The lowest BCUT2D eigenvalue weighted by atomic mass is 10.1. The zero-order chi connectivity index (χ0) is 13.1. The average Bonchev–Trinajstić information content (AvgIpc) is 2.32. The molecule has 3 nitrogen and oxygen atoms in total. The maximum Gasteiger partial charge on any atom is 0.132 e. The molecule has 1 aromatic carbocycles. The molecule has 0 saturated carbocycles. The number of benzene rings is 1. The van der Waals surface area contributed by atoms with E-state index in [0.717, 1.165) is 16.8 Å². The van der Waals surface area contributed by atoms with E-state index in [1.807, 2.05) is 6.92 Å². The molecular weight excluding hydrogens is 231 g/mol. The quantitative estimate of drug-likeness (QED) is 0.905. The van der Waals surface area contributed by atoms with E-state index in [4.69, 9.17) is 0 Å². The van der Waals surface area contributed by atoms with Crippen LogP contribution in [0, 0.1) is 12.7 Å². The van der Waals surface area contributed by atoms with Gasteiger partial charge in [-0.15, -0.1) is 0 Å². The molecule has 0 unspecified atom stereocenters. The first-order chi connectivity index (χ1) is 8.56. The molecule has 0 aliphatic heterocycles. The third-order valence-corrected chi connectivity index (χ3v) is 2.79. The van der Waals surface area contributed by atoms with Gasteiger partial charge in [0.1, 0.15) is 11.6 Å². The van der Waals surface area contributed by atoms with E-state index in [-0.39, 0.29) is 5.82 Å². The monoisotopic (exact) mass is 246 g/mol. The van der Waals surface area contributed by atoms with Crippen LogP contribution in [0.2, 0.25) is 0 Å². The van der Waals surface area contributed by atoms with Crippen molar-refractivity contribution in [3.63, 3.8) is 0 Å². The molecule has 0 bridgehead atoms. The third-order valence-electron chi connectivity index (χ3n) is 2.79. The van der Waals surface area contributed by atoms with E-state index in [2.05, 4.69) is 9.97 Å². The van der Waals surface area contributed by atoms with Gasteiger partial charge >= 0.3 is 0 Å². The Balaban J connectivity index is 2.20. The van der Waals surface area contributed by atoms with Crippen molar-refractivity contribution in [1.82, 2.24) is 9.97 Å². The van der Waals surface area contributed by atoms with Crippen LogP contribution < -0.4 is 0 Å². The Morgan fingerprint density at radius 2 is 1.94 bits per heavy atom. The number of aromatic nitrogens is 2. The molecular formula is C14H15FN2O. The summed E-state index contributed by atoms with van der Waals surface area (Å²) in [6.45, 7) is 3.53. The van der Waals surface area contributed by atoms with Crippen molar-refractivity contribution in [3.05, 3.63) is 58.9 Å². The summed E-state index contributed by atoms with van der Waals surface area (Å²) in [4.78, 5) is 8.56. The van der Waals surface area contributed by atoms with Crippen LogP contribution in [0.3, 0.4) is 0 Å². The van der Waals surface area contributed by atoms with Crippen LogP contribution in [-0.2, 0) is 6.42 Å². The molecule has 0 aliphatic carbocycles. The zero-order valence-electron chi connectivity index (χ0n) is 10.4. The van der Waals surface area contributed by atoms with E-state index in [0.29, 0.717) is 12.2 Å². The molecule has 1 aromatic heterocycles. The Bertz CT molecular complexity index is 538. The van der Waals surface area contributed by atoms with Gasteiger partial charge in [-0.3, -0.25) is 0 Å². The minimum Gasteiger partial charge on any atom is -0.389 e. The van der Waals surface area contributed by atoms with Gasteiger partial charge in [-0.2, -0.15) is 0 Å². The molecule has 1 atom stereocenters. The van der Waals surface area contributed by atoms with Gasteiger partial charge in [0.2, 0.25) is 0 Å². The Kier molecular flexibility index (Phi) is 3.67. The van der Waals surface area contributed by atoms with Crippen LogP contribution in [0.25, 0.3) is 0 Å². The van der Waals surface area contributed by atoms with Crippen LogP contribution in [-0.4, -0.2) is 15.1 Å². The van der Waals surface area contributed by atoms with Gasteiger partial charge in [0.05, 0.1) is 6.10 Å². The molecule has 4 heteroatoms. The number of hydrogen-bond donors (Lipinski definition) is 1. The minimum atomic E-state index is -0.565. The first-order valence-electron chi connectivity index (χ1n) is 5.81. The fraction of sp³-hybridized carbons (Fsp3) is 0.286. The Hall–Kier alpha value is -1.81. The Morgan fingerprint density at radius 3 is 2.50 bits per heavy atom. The van der Waals surface area contributed by atoms with Crippen LogP contribution in [0.1, 0.15) is 35.7 Å². The van der Waals surface area contributed by atoms with Crippen molar-refractivity contribution in [2.75, 3.05) is 0 Å². The summed E-state index contributed by atoms with van der Waals surface area (Å²) < 4.78 is 12.8. The molecule has 0 radical (unpaired) electrons. The van der Waals surface area contributed by atoms with Gasteiger partial charge in [-0.1, -0.05) is 12.1 Å². The standard InChI is InChI=1S/C14H15FN2O/c1-9-13(10(2)18)8-16-14(17-9)7-11-3-5-12(15)6-4-11/h3-6,8,10,18H,7H2,1-2H3/t10-/m0/s1. The van der Waals surface area contributed by atoms with Crippen LogP contribution >= 0.6 is 0 Å². The molecule has 0 saturated heterocycles. The number of hydrogen-bond acceptors (Lipinski definition) is 3. The summed E-state index contributed by atoms with van der Waals surface area (Å²) >= 11 is 0. The lowest BCUT2D eigenvalue weighted by Crippen LogP contribution is -2.04. The van der Waals surface area contributed by atoms with Crippen LogP contribution in [0.4, 0.5) is 4.39 Å². The topological polar surface area (TPSA) is 46.0 Å². The second kappa shape index (κ2) is 5.23. The molecule has 94 valence electrons. The molecule has 0 amide bonds. The van der Waals surface area contributed by atoms with E-state index in [9.17, 15) is 9.50 Å². The van der Waals surface area contributed by atoms with E-state index in [1.165, 1.54) is 12.1 Å². The second-order valence-corrected chi connectivity index (χ2v) is 4.31. The number of rotatable bonds is 3. The number of halogens is 1. The molecule has 0 aliphatic rings. The summed E-state index contributed by atoms with van der Waals surface area (Å²) in [5, 5.41) is 9.49. The third kappa shape index (κ3) is 2.90. The van der Waals surface area contributed by atoms with E-state index >= 15 is 0 Å². The highest BCUT2D eigenvalue weighted by Crippen LogP contribution is 2.15. The van der Waals surface area contributed by atoms with Crippen molar-refractivity contribution in [1.29, 1.82) is 0 Å². The predicted molar refractivity (Wildman–Crippen MR) is 66.6 cm³/mol. The molecule has 0 spiro atoms. The largest absolute Gasteiger partial charge is 0.389 e. The van der Waals surface area contributed by atoms with Crippen molar-refractivity contribution in [2.24, 2.45) is 0 Å². The normalized spacial score (nSPS) is 12.4. The summed E-state index contributed by atoms with van der Waals surface area (Å²) in [6, 6.07) is 6.28. The summed E-state index contributed by atoms with van der Waals surface area (Å²) in [6.07, 6.45) is 1.64. The van der Waals surface area contributed by atoms with Crippen molar-refractivity contribution < 1.29 is 9.50 Å². The Morgan fingerprint density at radius 1 is 1.28 bits per heavy atom. The maximum absolute atomic E-state index is 12.8. The highest BCUT2D eigenvalue weighted by Gasteiger charge is 2.08. The van der Waals surface area contributed by atoms with Gasteiger partial charge in [0, 0.05) is 23.9 Å². The number of aliphatic hydroxyl groups is 1. The van der Waals surface area contributed by atoms with Gasteiger partial charge in [0.25, 0.3) is 0 Å². The van der Waals surface area contributed by atoms with Gasteiger partial charge in [0.15, 0.2) is 0 Å². The molecule has 1 heterocycles. The van der Waals surface area contributed by atoms with Gasteiger partial charge < -0.3 is 5.11 Å². The molecule has 1 N–H and O–H groups in total. The van der Waals surface area contributed by atoms with Gasteiger partial charge in [-0.25, -0.2) is 14.4 Å². The first kappa shape index (κ1) is 12.6. The Labute approximate surface area is 105 Å². The fourth-order valence-electron chi connectivity index (χ4n) is 1.80. The van der Waals surface area contributed by atoms with Crippen molar-refractivity contribution >= 4 is 0 Å². The van der Waals surface area contributed by atoms with Crippen LogP contribution in [0.15, 0.2) is 30.5 Å². The summed E-state index contributed by atoms with van der Waals surface area (Å²) in [7, 11) is 0. The summed E-state index contributed by atoms with van der Waals surface area (Å²) in [5.41, 5.74) is 2.47. The number of aryl methyl sites for hydroxylation is 1. The fourth-order valence-corrected chi connectivity index (χ4v) is 1.80. The lowest BCUT2D eigenvalue weighted by molar-refractivity contribution is 0.197. The van der Waals surface area contributed by atoms with Crippen molar-refractivity contribution in [3.8, 4) is 0 Å². The summed E-state index contributed by atoms with van der Waals surface area (Å²) in [5.74, 6) is 0.420. The smallest absolute Gasteiger partial charge is 0.132 e. The SMILES string of the molecule is Cc1nc(Cc2ccc(F)cc2)ncc1[C@H](C)O.